The molecule has 1 atom stereocenters. The molecule has 0 bridgehead atoms. The zero-order chi connectivity index (χ0) is 21.1. The van der Waals surface area contributed by atoms with Crippen LogP contribution in [0.15, 0.2) is 35.2 Å². The standard InChI is InChI=1S/C21H29N3O5S/c1-28-19-5-4-17(14-20(19)30(26,27)24-10-12-29-13-11-24)15-21(25)23-9-6-18(16-23)22-7-2-3-8-22/h2-5,14,18H,6-13,15-16H2,1H3/t18-/m0/s1. The minimum Gasteiger partial charge on any atom is -0.495 e. The smallest absolute Gasteiger partial charge is 0.246 e. The van der Waals surface area contributed by atoms with Crippen LogP contribution in [0.25, 0.3) is 0 Å². The van der Waals surface area contributed by atoms with Crippen molar-refractivity contribution in [2.45, 2.75) is 23.8 Å². The van der Waals surface area contributed by atoms with Crippen LogP contribution in [0.1, 0.15) is 12.0 Å². The molecule has 8 nitrogen and oxygen atoms in total. The minimum atomic E-state index is -3.71. The fraction of sp³-hybridized carbons (Fsp3) is 0.571. The monoisotopic (exact) mass is 435 g/mol. The maximum atomic E-state index is 13.1. The minimum absolute atomic E-state index is 0.0320. The number of carbonyl (C=O) groups excluding carboxylic acids is 1. The average Bonchev–Trinajstić information content (AvgIpc) is 3.46. The van der Waals surface area contributed by atoms with Crippen LogP contribution in [0.5, 0.6) is 5.75 Å². The summed E-state index contributed by atoms with van der Waals surface area (Å²) in [5.41, 5.74) is 0.680. The highest BCUT2D eigenvalue weighted by atomic mass is 32.2. The molecule has 4 rings (SSSR count). The first-order chi connectivity index (χ1) is 14.5. The third-order valence-electron chi connectivity index (χ3n) is 6.05. The van der Waals surface area contributed by atoms with Gasteiger partial charge in [0.15, 0.2) is 0 Å². The van der Waals surface area contributed by atoms with Crippen LogP contribution >= 0.6 is 0 Å². The Morgan fingerprint density at radius 2 is 1.90 bits per heavy atom. The number of rotatable bonds is 6. The summed E-state index contributed by atoms with van der Waals surface area (Å²) in [6, 6.07) is 5.39. The van der Waals surface area contributed by atoms with Crippen molar-refractivity contribution < 1.29 is 22.7 Å². The summed E-state index contributed by atoms with van der Waals surface area (Å²) in [6.45, 7) is 4.77. The van der Waals surface area contributed by atoms with E-state index in [1.54, 1.807) is 18.2 Å². The normalized spacial score (nSPS) is 23.2. The lowest BCUT2D eigenvalue weighted by Crippen LogP contribution is -2.40. The molecule has 9 heteroatoms. The number of amides is 1. The molecule has 0 saturated carbocycles. The first-order valence-corrected chi connectivity index (χ1v) is 11.8. The second kappa shape index (κ2) is 9.05. The fourth-order valence-electron chi connectivity index (χ4n) is 4.30. The van der Waals surface area contributed by atoms with E-state index in [0.717, 1.165) is 32.6 Å². The number of ether oxygens (including phenoxy) is 2. The van der Waals surface area contributed by atoms with Crippen molar-refractivity contribution >= 4 is 15.9 Å². The number of nitrogens with zero attached hydrogens (tertiary/aromatic N) is 3. The molecule has 30 heavy (non-hydrogen) atoms. The number of carbonyl (C=O) groups is 1. The molecule has 1 amide bonds. The predicted octanol–water partition coefficient (Wildman–Crippen LogP) is 0.731. The SMILES string of the molecule is COc1ccc(CC(=O)N2CC[C@H](N3CC=CC3)C2)cc1S(=O)(=O)N1CCOCC1. The van der Waals surface area contributed by atoms with Crippen LogP contribution < -0.4 is 4.74 Å². The van der Waals surface area contributed by atoms with E-state index in [9.17, 15) is 13.2 Å². The third-order valence-corrected chi connectivity index (χ3v) is 7.97. The maximum Gasteiger partial charge on any atom is 0.246 e. The van der Waals surface area contributed by atoms with E-state index in [1.807, 2.05) is 4.90 Å². The van der Waals surface area contributed by atoms with Crippen LogP contribution in [0.4, 0.5) is 0 Å². The number of morpholine rings is 1. The highest BCUT2D eigenvalue weighted by Crippen LogP contribution is 2.29. The highest BCUT2D eigenvalue weighted by molar-refractivity contribution is 7.89. The molecule has 0 unspecified atom stereocenters. The zero-order valence-electron chi connectivity index (χ0n) is 17.3. The molecule has 3 heterocycles. The Morgan fingerprint density at radius 3 is 2.60 bits per heavy atom. The number of benzene rings is 1. The van der Waals surface area contributed by atoms with E-state index >= 15 is 0 Å². The molecule has 0 N–H and O–H groups in total. The summed E-state index contributed by atoms with van der Waals surface area (Å²) < 4.78 is 38.3. The van der Waals surface area contributed by atoms with Gasteiger partial charge in [0.05, 0.1) is 26.7 Å². The maximum absolute atomic E-state index is 13.1. The molecular weight excluding hydrogens is 406 g/mol. The van der Waals surface area contributed by atoms with Crippen molar-refractivity contribution in [3.63, 3.8) is 0 Å². The summed E-state index contributed by atoms with van der Waals surface area (Å²) in [5, 5.41) is 0. The van der Waals surface area contributed by atoms with Gasteiger partial charge in [0.1, 0.15) is 10.6 Å². The second-order valence-electron chi connectivity index (χ2n) is 7.89. The van der Waals surface area contributed by atoms with E-state index < -0.39 is 10.0 Å². The van der Waals surface area contributed by atoms with Crippen LogP contribution in [-0.4, -0.2) is 94.1 Å². The highest BCUT2D eigenvalue weighted by Gasteiger charge is 2.32. The van der Waals surface area contributed by atoms with E-state index in [4.69, 9.17) is 9.47 Å². The molecule has 0 spiro atoms. The lowest BCUT2D eigenvalue weighted by atomic mass is 10.1. The van der Waals surface area contributed by atoms with Crippen LogP contribution in [0.3, 0.4) is 0 Å². The molecule has 1 aromatic rings. The van der Waals surface area contributed by atoms with Crippen LogP contribution in [0, 0.1) is 0 Å². The van der Waals surface area contributed by atoms with Crippen LogP contribution in [-0.2, 0) is 26.0 Å². The van der Waals surface area contributed by atoms with Crippen molar-refractivity contribution in [3.05, 3.63) is 35.9 Å². The van der Waals surface area contributed by atoms with E-state index in [1.165, 1.54) is 11.4 Å². The fourth-order valence-corrected chi connectivity index (χ4v) is 5.92. The average molecular weight is 436 g/mol. The zero-order valence-corrected chi connectivity index (χ0v) is 18.1. The molecule has 0 radical (unpaired) electrons. The van der Waals surface area contributed by atoms with Crippen molar-refractivity contribution in [2.24, 2.45) is 0 Å². The Labute approximate surface area is 178 Å². The van der Waals surface area contributed by atoms with E-state index in [2.05, 4.69) is 17.1 Å². The van der Waals surface area contributed by atoms with Crippen LogP contribution in [0.2, 0.25) is 0 Å². The summed E-state index contributed by atoms with van der Waals surface area (Å²) >= 11 is 0. The summed E-state index contributed by atoms with van der Waals surface area (Å²) in [6.07, 6.45) is 5.49. The first-order valence-electron chi connectivity index (χ1n) is 10.4. The van der Waals surface area contributed by atoms with E-state index in [0.29, 0.717) is 43.7 Å². The molecule has 0 aromatic heterocycles. The Balaban J connectivity index is 1.47. The first kappa shape index (κ1) is 21.3. The quantitative estimate of drug-likeness (QED) is 0.613. The molecule has 2 saturated heterocycles. The number of hydrogen-bond acceptors (Lipinski definition) is 6. The lowest BCUT2D eigenvalue weighted by Gasteiger charge is -2.27. The van der Waals surface area contributed by atoms with Gasteiger partial charge in [-0.2, -0.15) is 4.31 Å². The van der Waals surface area contributed by atoms with Gasteiger partial charge in [0.2, 0.25) is 15.9 Å². The molecule has 0 aliphatic carbocycles. The summed E-state index contributed by atoms with van der Waals surface area (Å²) in [4.78, 5) is 17.3. The number of hydrogen-bond donors (Lipinski definition) is 0. The van der Waals surface area contributed by atoms with Crippen molar-refractivity contribution in [3.8, 4) is 5.75 Å². The van der Waals surface area contributed by atoms with Gasteiger partial charge in [0.25, 0.3) is 0 Å². The predicted molar refractivity (Wildman–Crippen MR) is 112 cm³/mol. The van der Waals surface area contributed by atoms with Gasteiger partial charge in [-0.15, -0.1) is 0 Å². The number of sulfonamides is 1. The van der Waals surface area contributed by atoms with Gasteiger partial charge < -0.3 is 14.4 Å². The Hall–Kier alpha value is -1.94. The largest absolute Gasteiger partial charge is 0.495 e. The van der Waals surface area contributed by atoms with E-state index in [-0.39, 0.29) is 17.2 Å². The number of likely N-dealkylation sites (tertiary alicyclic amines) is 1. The molecule has 3 aliphatic rings. The van der Waals surface area contributed by atoms with Crippen molar-refractivity contribution in [2.75, 3.05) is 59.6 Å². The molecule has 164 valence electrons. The molecule has 1 aromatic carbocycles. The molecular formula is C21H29N3O5S. The van der Waals surface area contributed by atoms with Crippen molar-refractivity contribution in [1.82, 2.24) is 14.1 Å². The van der Waals surface area contributed by atoms with Crippen molar-refractivity contribution in [1.29, 1.82) is 0 Å². The van der Waals surface area contributed by atoms with Gasteiger partial charge in [-0.1, -0.05) is 18.2 Å². The topological polar surface area (TPSA) is 79.4 Å². The summed E-state index contributed by atoms with van der Waals surface area (Å²) in [5.74, 6) is 0.324. The third kappa shape index (κ3) is 4.39. The van der Waals surface area contributed by atoms with Gasteiger partial charge in [-0.25, -0.2) is 8.42 Å². The summed E-state index contributed by atoms with van der Waals surface area (Å²) in [7, 11) is -2.26. The van der Waals surface area contributed by atoms with Gasteiger partial charge >= 0.3 is 0 Å². The second-order valence-corrected chi connectivity index (χ2v) is 9.79. The molecule has 2 fully saturated rings. The van der Waals surface area contributed by atoms with Gasteiger partial charge in [0, 0.05) is 45.3 Å². The Morgan fingerprint density at radius 1 is 1.17 bits per heavy atom. The van der Waals surface area contributed by atoms with Gasteiger partial charge in [-0.3, -0.25) is 9.69 Å². The Bertz CT molecular complexity index is 903. The van der Waals surface area contributed by atoms with Gasteiger partial charge in [-0.05, 0) is 24.1 Å². The number of methoxy groups -OCH3 is 1. The lowest BCUT2D eigenvalue weighted by molar-refractivity contribution is -0.129. The Kier molecular flexibility index (Phi) is 6.43. The molecule has 3 aliphatic heterocycles.